The van der Waals surface area contributed by atoms with E-state index in [2.05, 4.69) is 0 Å². The maximum atomic E-state index is 12.9. The van der Waals surface area contributed by atoms with Crippen molar-refractivity contribution in [2.75, 3.05) is 32.6 Å². The highest BCUT2D eigenvalue weighted by Crippen LogP contribution is 2.31. The first-order valence-electron chi connectivity index (χ1n) is 8.82. The zero-order valence-corrected chi connectivity index (χ0v) is 16.6. The number of rotatable bonds is 5. The van der Waals surface area contributed by atoms with Crippen LogP contribution in [0, 0.1) is 0 Å². The molecular formula is C20H24N2O4S. The summed E-state index contributed by atoms with van der Waals surface area (Å²) in [6, 6.07) is 12.5. The highest BCUT2D eigenvalue weighted by Gasteiger charge is 2.26. The molecule has 0 atom stereocenters. The molecule has 0 aromatic heterocycles. The average Bonchev–Trinajstić information content (AvgIpc) is 2.67. The minimum atomic E-state index is -3.49. The third-order valence-corrected chi connectivity index (χ3v) is 6.59. The fraction of sp³-hybridized carbons (Fsp3) is 0.350. The van der Waals surface area contributed by atoms with Crippen molar-refractivity contribution < 1.29 is 17.9 Å². The maximum absolute atomic E-state index is 12.9. The number of methoxy groups -OCH3 is 1. The Bertz CT molecular complexity index is 954. The molecule has 1 heterocycles. The molecule has 0 radical (unpaired) electrons. The first kappa shape index (κ1) is 19.4. The molecule has 3 rings (SSSR count). The van der Waals surface area contributed by atoms with Crippen molar-refractivity contribution in [2.45, 2.75) is 24.2 Å². The van der Waals surface area contributed by atoms with Gasteiger partial charge in [-0.05, 0) is 42.7 Å². The molecule has 0 saturated carbocycles. The summed E-state index contributed by atoms with van der Waals surface area (Å²) in [7, 11) is 1.12. The van der Waals surface area contributed by atoms with Crippen LogP contribution in [0.2, 0.25) is 0 Å². The molecule has 144 valence electrons. The molecule has 0 bridgehead atoms. The van der Waals surface area contributed by atoms with E-state index in [1.165, 1.54) is 18.4 Å². The second-order valence-electron chi connectivity index (χ2n) is 6.72. The number of carbonyl (C=O) groups excluding carboxylic acids is 1. The Morgan fingerprint density at radius 3 is 2.63 bits per heavy atom. The van der Waals surface area contributed by atoms with Crippen LogP contribution in [0.5, 0.6) is 5.75 Å². The molecule has 1 aliphatic rings. The van der Waals surface area contributed by atoms with E-state index in [0.717, 1.165) is 29.7 Å². The van der Waals surface area contributed by atoms with Crippen LogP contribution in [0.4, 0.5) is 5.69 Å². The van der Waals surface area contributed by atoms with Gasteiger partial charge in [0.1, 0.15) is 5.75 Å². The largest absolute Gasteiger partial charge is 0.496 e. The van der Waals surface area contributed by atoms with E-state index in [1.54, 1.807) is 30.2 Å². The van der Waals surface area contributed by atoms with Gasteiger partial charge in [0.05, 0.1) is 18.4 Å². The van der Waals surface area contributed by atoms with Crippen LogP contribution < -0.4 is 9.64 Å². The summed E-state index contributed by atoms with van der Waals surface area (Å²) in [4.78, 5) is 14.9. The Morgan fingerprint density at radius 1 is 1.19 bits per heavy atom. The van der Waals surface area contributed by atoms with Gasteiger partial charge in [0.15, 0.2) is 0 Å². The molecule has 1 aliphatic heterocycles. The summed E-state index contributed by atoms with van der Waals surface area (Å²) >= 11 is 0. The van der Waals surface area contributed by atoms with E-state index in [4.69, 9.17) is 4.74 Å². The molecule has 6 nitrogen and oxygen atoms in total. The summed E-state index contributed by atoms with van der Waals surface area (Å²) in [5, 5.41) is 0. The second-order valence-corrected chi connectivity index (χ2v) is 8.87. The number of fused-ring (bicyclic) bond motifs is 1. The molecule has 0 aliphatic carbocycles. The summed E-state index contributed by atoms with van der Waals surface area (Å²) in [6.45, 7) is 0.626. The summed E-state index contributed by atoms with van der Waals surface area (Å²) < 4.78 is 31.3. The number of anilines is 1. The number of hydrogen-bond donors (Lipinski definition) is 0. The summed E-state index contributed by atoms with van der Waals surface area (Å²) in [6.07, 6.45) is 1.79. The van der Waals surface area contributed by atoms with Crippen molar-refractivity contribution in [1.82, 2.24) is 4.31 Å². The first-order chi connectivity index (χ1) is 12.8. The molecular weight excluding hydrogens is 364 g/mol. The van der Waals surface area contributed by atoms with Gasteiger partial charge < -0.3 is 9.64 Å². The van der Waals surface area contributed by atoms with Crippen LogP contribution >= 0.6 is 0 Å². The highest BCUT2D eigenvalue weighted by atomic mass is 32.2. The van der Waals surface area contributed by atoms with Crippen LogP contribution in [0.1, 0.15) is 17.5 Å². The van der Waals surface area contributed by atoms with Crippen LogP contribution in [0.25, 0.3) is 0 Å². The molecule has 7 heteroatoms. The lowest BCUT2D eigenvalue weighted by molar-refractivity contribution is -0.118. The van der Waals surface area contributed by atoms with Gasteiger partial charge in [-0.2, -0.15) is 0 Å². The van der Waals surface area contributed by atoms with Crippen LogP contribution in [0.3, 0.4) is 0 Å². The first-order valence-corrected chi connectivity index (χ1v) is 10.3. The van der Waals surface area contributed by atoms with Crippen molar-refractivity contribution in [2.24, 2.45) is 0 Å². The number of sulfonamides is 1. The Morgan fingerprint density at radius 2 is 1.93 bits per heavy atom. The Labute approximate surface area is 160 Å². The topological polar surface area (TPSA) is 66.9 Å². The van der Waals surface area contributed by atoms with E-state index >= 15 is 0 Å². The quantitative estimate of drug-likeness (QED) is 0.789. The van der Waals surface area contributed by atoms with Crippen LogP contribution in [-0.2, 0) is 27.7 Å². The van der Waals surface area contributed by atoms with Gasteiger partial charge in [0.2, 0.25) is 15.9 Å². The van der Waals surface area contributed by atoms with Gasteiger partial charge in [-0.25, -0.2) is 12.7 Å². The van der Waals surface area contributed by atoms with E-state index in [0.29, 0.717) is 12.3 Å². The van der Waals surface area contributed by atoms with Gasteiger partial charge in [-0.3, -0.25) is 4.79 Å². The van der Waals surface area contributed by atoms with E-state index in [9.17, 15) is 13.2 Å². The number of ether oxygens (including phenoxy) is 1. The molecule has 27 heavy (non-hydrogen) atoms. The molecule has 0 fully saturated rings. The molecule has 0 spiro atoms. The summed E-state index contributed by atoms with van der Waals surface area (Å²) in [5.41, 5.74) is 2.51. The number of para-hydroxylation sites is 1. The smallest absolute Gasteiger partial charge is 0.242 e. The lowest BCUT2D eigenvalue weighted by Gasteiger charge is -2.30. The van der Waals surface area contributed by atoms with Crippen molar-refractivity contribution in [3.8, 4) is 5.75 Å². The van der Waals surface area contributed by atoms with E-state index in [-0.39, 0.29) is 17.2 Å². The number of carbonyl (C=O) groups is 1. The van der Waals surface area contributed by atoms with Gasteiger partial charge in [0.25, 0.3) is 0 Å². The number of benzene rings is 2. The zero-order valence-electron chi connectivity index (χ0n) is 15.8. The molecule has 0 N–H and O–H groups in total. The lowest BCUT2D eigenvalue weighted by Crippen LogP contribution is -2.36. The van der Waals surface area contributed by atoms with E-state index in [1.807, 2.05) is 24.3 Å². The predicted octanol–water partition coefficient (Wildman–Crippen LogP) is 2.47. The predicted molar refractivity (Wildman–Crippen MR) is 105 cm³/mol. The Balaban J connectivity index is 1.89. The minimum absolute atomic E-state index is 0.0244. The lowest BCUT2D eigenvalue weighted by atomic mass is 10.0. The Kier molecular flexibility index (Phi) is 5.53. The third kappa shape index (κ3) is 3.84. The average molecular weight is 388 g/mol. The third-order valence-electron chi connectivity index (χ3n) is 4.78. The zero-order chi connectivity index (χ0) is 19.6. The van der Waals surface area contributed by atoms with Crippen LogP contribution in [-0.4, -0.2) is 46.4 Å². The molecule has 1 amide bonds. The highest BCUT2D eigenvalue weighted by molar-refractivity contribution is 7.89. The van der Waals surface area contributed by atoms with Crippen molar-refractivity contribution in [1.29, 1.82) is 0 Å². The monoisotopic (exact) mass is 388 g/mol. The Hall–Kier alpha value is -2.38. The molecule has 0 saturated heterocycles. The fourth-order valence-electron chi connectivity index (χ4n) is 3.31. The minimum Gasteiger partial charge on any atom is -0.496 e. The van der Waals surface area contributed by atoms with Crippen molar-refractivity contribution in [3.63, 3.8) is 0 Å². The second kappa shape index (κ2) is 7.70. The van der Waals surface area contributed by atoms with Gasteiger partial charge >= 0.3 is 0 Å². The number of aryl methyl sites for hydroxylation is 1. The summed E-state index contributed by atoms with van der Waals surface area (Å²) in [5.74, 6) is 0.666. The van der Waals surface area contributed by atoms with Crippen LogP contribution in [0.15, 0.2) is 47.4 Å². The van der Waals surface area contributed by atoms with Crippen molar-refractivity contribution in [3.05, 3.63) is 53.6 Å². The SMILES string of the molecule is COc1ccccc1CC(=O)N1CCCc2cc(S(=O)(=O)N(C)C)ccc21. The standard InChI is InChI=1S/C20H24N2O4S/c1-21(2)27(24,25)17-10-11-18-15(13-17)8-6-12-22(18)20(23)14-16-7-4-5-9-19(16)26-3/h4-5,7,9-11,13H,6,8,12,14H2,1-3H3. The fourth-order valence-corrected chi connectivity index (χ4v) is 4.26. The number of hydrogen-bond acceptors (Lipinski definition) is 4. The van der Waals surface area contributed by atoms with Gasteiger partial charge in [-0.1, -0.05) is 18.2 Å². The van der Waals surface area contributed by atoms with Gasteiger partial charge in [-0.15, -0.1) is 0 Å². The maximum Gasteiger partial charge on any atom is 0.242 e. The molecule has 0 unspecified atom stereocenters. The normalized spacial score (nSPS) is 14.1. The van der Waals surface area contributed by atoms with Crippen molar-refractivity contribution >= 4 is 21.6 Å². The molecule has 2 aromatic carbocycles. The number of nitrogens with zero attached hydrogens (tertiary/aromatic N) is 2. The number of amides is 1. The molecule has 2 aromatic rings. The van der Waals surface area contributed by atoms with E-state index < -0.39 is 10.0 Å². The van der Waals surface area contributed by atoms with Gasteiger partial charge in [0, 0.05) is 31.9 Å².